The average Bonchev–Trinajstić information content (AvgIpc) is 2.34. The third-order valence-corrected chi connectivity index (χ3v) is 3.20. The number of aliphatic hydroxyl groups excluding tert-OH is 1. The van der Waals surface area contributed by atoms with Crippen LogP contribution in [0.4, 0.5) is 0 Å². The topological polar surface area (TPSA) is 32.7 Å². The number of thioether (sulfide) groups is 1. The predicted octanol–water partition coefficient (Wildman–Crippen LogP) is 2.02. The summed E-state index contributed by atoms with van der Waals surface area (Å²) in [4.78, 5) is 3.26. The van der Waals surface area contributed by atoms with E-state index in [1.165, 1.54) is 4.90 Å². The van der Waals surface area contributed by atoms with Crippen molar-refractivity contribution in [1.29, 1.82) is 0 Å². The lowest BCUT2D eigenvalue weighted by atomic mass is 10.1. The fourth-order valence-corrected chi connectivity index (χ4v) is 1.77. The highest BCUT2D eigenvalue weighted by Gasteiger charge is 2.07. The number of benzene rings is 1. The van der Waals surface area contributed by atoms with E-state index in [9.17, 15) is 5.11 Å². The van der Waals surface area contributed by atoms with Crippen molar-refractivity contribution in [3.05, 3.63) is 29.8 Å². The van der Waals surface area contributed by atoms with Gasteiger partial charge in [-0.25, -0.2) is 0 Å². The summed E-state index contributed by atoms with van der Waals surface area (Å²) in [7, 11) is 4.00. The fourth-order valence-electron chi connectivity index (χ4n) is 1.36. The SMILES string of the molecule is CSc1ccc(C(O)COCCN(C)C)cc1. The Bertz CT molecular complexity index is 314. The number of rotatable bonds is 7. The van der Waals surface area contributed by atoms with E-state index in [-0.39, 0.29) is 0 Å². The molecule has 1 aromatic carbocycles. The van der Waals surface area contributed by atoms with Gasteiger partial charge in [-0.15, -0.1) is 11.8 Å². The van der Waals surface area contributed by atoms with E-state index in [2.05, 4.69) is 4.90 Å². The minimum Gasteiger partial charge on any atom is -0.386 e. The Morgan fingerprint density at radius 1 is 1.29 bits per heavy atom. The van der Waals surface area contributed by atoms with Crippen molar-refractivity contribution in [2.75, 3.05) is 40.1 Å². The van der Waals surface area contributed by atoms with Gasteiger partial charge in [0.1, 0.15) is 6.10 Å². The van der Waals surface area contributed by atoms with Crippen LogP contribution in [0, 0.1) is 0 Å². The summed E-state index contributed by atoms with van der Waals surface area (Å²) in [5.74, 6) is 0. The number of nitrogens with zero attached hydrogens (tertiary/aromatic N) is 1. The summed E-state index contributed by atoms with van der Waals surface area (Å²) >= 11 is 1.70. The maximum Gasteiger partial charge on any atom is 0.102 e. The van der Waals surface area contributed by atoms with Crippen molar-refractivity contribution in [2.45, 2.75) is 11.0 Å². The maximum absolute atomic E-state index is 9.90. The standard InChI is InChI=1S/C13H21NO2S/c1-14(2)8-9-16-10-13(15)11-4-6-12(17-3)7-5-11/h4-7,13,15H,8-10H2,1-3H3. The van der Waals surface area contributed by atoms with Crippen molar-refractivity contribution in [1.82, 2.24) is 4.90 Å². The Balaban J connectivity index is 2.33. The Kier molecular flexibility index (Phi) is 6.58. The molecule has 0 aliphatic rings. The first kappa shape index (κ1) is 14.5. The molecule has 1 N–H and O–H groups in total. The van der Waals surface area contributed by atoms with Crippen LogP contribution in [0.2, 0.25) is 0 Å². The molecule has 0 spiro atoms. The fraction of sp³-hybridized carbons (Fsp3) is 0.538. The summed E-state index contributed by atoms with van der Waals surface area (Å²) < 4.78 is 5.42. The van der Waals surface area contributed by atoms with Crippen LogP contribution < -0.4 is 0 Å². The molecule has 0 saturated heterocycles. The summed E-state index contributed by atoms with van der Waals surface area (Å²) in [6.45, 7) is 1.87. The lowest BCUT2D eigenvalue weighted by Gasteiger charge is -2.14. The van der Waals surface area contributed by atoms with Crippen LogP contribution in [-0.2, 0) is 4.74 Å². The highest BCUT2D eigenvalue weighted by molar-refractivity contribution is 7.98. The van der Waals surface area contributed by atoms with Crippen LogP contribution in [0.25, 0.3) is 0 Å². The normalized spacial score (nSPS) is 13.0. The minimum absolute atomic E-state index is 0.354. The first-order valence-electron chi connectivity index (χ1n) is 5.68. The van der Waals surface area contributed by atoms with Crippen molar-refractivity contribution >= 4 is 11.8 Å². The van der Waals surface area contributed by atoms with E-state index < -0.39 is 6.10 Å². The van der Waals surface area contributed by atoms with Crippen molar-refractivity contribution in [3.8, 4) is 0 Å². The van der Waals surface area contributed by atoms with Gasteiger partial charge in [0, 0.05) is 11.4 Å². The number of hydrogen-bond donors (Lipinski definition) is 1. The van der Waals surface area contributed by atoms with Crippen LogP contribution in [0.3, 0.4) is 0 Å². The molecule has 1 aromatic rings. The predicted molar refractivity (Wildman–Crippen MR) is 72.6 cm³/mol. The quantitative estimate of drug-likeness (QED) is 0.597. The molecular weight excluding hydrogens is 234 g/mol. The zero-order chi connectivity index (χ0) is 12.7. The van der Waals surface area contributed by atoms with Gasteiger partial charge in [-0.2, -0.15) is 0 Å². The van der Waals surface area contributed by atoms with Gasteiger partial charge in [-0.1, -0.05) is 12.1 Å². The van der Waals surface area contributed by atoms with Gasteiger partial charge in [0.25, 0.3) is 0 Å². The van der Waals surface area contributed by atoms with Crippen LogP contribution in [0.5, 0.6) is 0 Å². The van der Waals surface area contributed by atoms with E-state index in [4.69, 9.17) is 4.74 Å². The molecule has 0 radical (unpaired) electrons. The van der Waals surface area contributed by atoms with Gasteiger partial charge in [0.05, 0.1) is 13.2 Å². The zero-order valence-corrected chi connectivity index (χ0v) is 11.5. The third-order valence-electron chi connectivity index (χ3n) is 2.46. The third kappa shape index (κ3) is 5.55. The van der Waals surface area contributed by atoms with E-state index in [1.54, 1.807) is 11.8 Å². The second-order valence-electron chi connectivity index (χ2n) is 4.17. The second-order valence-corrected chi connectivity index (χ2v) is 5.05. The van der Waals surface area contributed by atoms with Crippen molar-refractivity contribution in [2.24, 2.45) is 0 Å². The molecule has 0 aromatic heterocycles. The molecule has 1 atom stereocenters. The molecular formula is C13H21NO2S. The molecule has 0 bridgehead atoms. The van der Waals surface area contributed by atoms with E-state index in [1.807, 2.05) is 44.6 Å². The molecule has 96 valence electrons. The second kappa shape index (κ2) is 7.71. The van der Waals surface area contributed by atoms with E-state index >= 15 is 0 Å². The molecule has 1 rings (SSSR count). The van der Waals surface area contributed by atoms with Crippen LogP contribution in [0.1, 0.15) is 11.7 Å². The zero-order valence-electron chi connectivity index (χ0n) is 10.7. The number of aliphatic hydroxyl groups is 1. The lowest BCUT2D eigenvalue weighted by molar-refractivity contribution is 0.0306. The first-order valence-corrected chi connectivity index (χ1v) is 6.90. The molecule has 3 nitrogen and oxygen atoms in total. The average molecular weight is 255 g/mol. The smallest absolute Gasteiger partial charge is 0.102 e. The van der Waals surface area contributed by atoms with E-state index in [0.29, 0.717) is 13.2 Å². The van der Waals surface area contributed by atoms with Gasteiger partial charge in [0.15, 0.2) is 0 Å². The van der Waals surface area contributed by atoms with Gasteiger partial charge in [-0.05, 0) is 38.0 Å². The largest absolute Gasteiger partial charge is 0.386 e. The molecule has 1 unspecified atom stereocenters. The summed E-state index contributed by atoms with van der Waals surface area (Å²) in [5, 5.41) is 9.90. The van der Waals surface area contributed by atoms with Crippen molar-refractivity contribution in [3.63, 3.8) is 0 Å². The van der Waals surface area contributed by atoms with Gasteiger partial charge >= 0.3 is 0 Å². The van der Waals surface area contributed by atoms with Crippen LogP contribution in [0.15, 0.2) is 29.2 Å². The van der Waals surface area contributed by atoms with Crippen LogP contribution >= 0.6 is 11.8 Å². The molecule has 0 aliphatic heterocycles. The minimum atomic E-state index is -0.534. The Morgan fingerprint density at radius 3 is 2.47 bits per heavy atom. The molecule has 0 aliphatic carbocycles. The van der Waals surface area contributed by atoms with Gasteiger partial charge in [0.2, 0.25) is 0 Å². The molecule has 4 heteroatoms. The first-order chi connectivity index (χ1) is 8.13. The lowest BCUT2D eigenvalue weighted by Crippen LogP contribution is -2.19. The summed E-state index contributed by atoms with van der Waals surface area (Å²) in [5.41, 5.74) is 0.910. The molecule has 17 heavy (non-hydrogen) atoms. The van der Waals surface area contributed by atoms with Crippen molar-refractivity contribution < 1.29 is 9.84 Å². The molecule has 0 saturated carbocycles. The van der Waals surface area contributed by atoms with Crippen LogP contribution in [-0.4, -0.2) is 50.1 Å². The van der Waals surface area contributed by atoms with E-state index in [0.717, 1.165) is 12.1 Å². The molecule has 0 fully saturated rings. The summed E-state index contributed by atoms with van der Waals surface area (Å²) in [6.07, 6.45) is 1.50. The molecule has 0 heterocycles. The van der Waals surface area contributed by atoms with Gasteiger partial charge in [-0.3, -0.25) is 0 Å². The maximum atomic E-state index is 9.90. The Labute approximate surface area is 108 Å². The molecule has 0 amide bonds. The van der Waals surface area contributed by atoms with Gasteiger partial charge < -0.3 is 14.7 Å². The number of ether oxygens (including phenoxy) is 1. The monoisotopic (exact) mass is 255 g/mol. The summed E-state index contributed by atoms with van der Waals surface area (Å²) in [6, 6.07) is 7.93. The highest BCUT2D eigenvalue weighted by atomic mass is 32.2. The Hall–Kier alpha value is -0.550. The highest BCUT2D eigenvalue weighted by Crippen LogP contribution is 2.19. The Morgan fingerprint density at radius 2 is 1.94 bits per heavy atom. The number of hydrogen-bond acceptors (Lipinski definition) is 4. The number of likely N-dealkylation sites (N-methyl/N-ethyl adjacent to an activating group) is 1.